The van der Waals surface area contributed by atoms with Gasteiger partial charge < -0.3 is 8.57 Å². The van der Waals surface area contributed by atoms with Gasteiger partial charge in [0.05, 0.1) is 0 Å². The van der Waals surface area contributed by atoms with Crippen LogP contribution in [0.15, 0.2) is 48.5 Å². The molecule has 0 aliphatic heterocycles. The number of hydrogen-bond donors (Lipinski definition) is 0. The molecular weight excluding hydrogens is 308 g/mol. The molecule has 0 heterocycles. The monoisotopic (exact) mass is 320 g/mol. The number of hydrogen-bond acceptors (Lipinski definition) is 3. The summed E-state index contributed by atoms with van der Waals surface area (Å²) in [5, 5.41) is 0. The normalized spacial score (nSPS) is 10.0. The van der Waals surface area contributed by atoms with Crippen molar-refractivity contribution in [3.8, 4) is 5.75 Å². The van der Waals surface area contributed by atoms with E-state index in [-0.39, 0.29) is 0 Å². The molecule has 0 aliphatic carbocycles. The third kappa shape index (κ3) is 3.58. The van der Waals surface area contributed by atoms with E-state index in [2.05, 4.69) is 20.1 Å². The van der Waals surface area contributed by atoms with E-state index in [1.54, 1.807) is 12.1 Å². The molecule has 19 heavy (non-hydrogen) atoms. The van der Waals surface area contributed by atoms with Crippen LogP contribution in [-0.2, 0) is 10.4 Å². The summed E-state index contributed by atoms with van der Waals surface area (Å²) in [6, 6.07) is 15.2. The van der Waals surface area contributed by atoms with Crippen LogP contribution in [0.4, 0.5) is 0 Å². The zero-order valence-electron chi connectivity index (χ0n) is 10.4. The topological polar surface area (TPSA) is 35.5 Å². The Morgan fingerprint density at radius 3 is 2.58 bits per heavy atom. The van der Waals surface area contributed by atoms with Crippen LogP contribution in [0.2, 0.25) is 0 Å². The number of carbonyl (C=O) groups is 1. The predicted molar refractivity (Wildman–Crippen MR) is 76.3 cm³/mol. The Morgan fingerprint density at radius 1 is 1.16 bits per heavy atom. The molecule has 0 radical (unpaired) electrons. The number of halogens is 1. The molecule has 0 aromatic heterocycles. The number of benzene rings is 2. The molecule has 2 rings (SSSR count). The van der Waals surface area contributed by atoms with Crippen molar-refractivity contribution in [1.82, 2.24) is 0 Å². The highest BCUT2D eigenvalue weighted by atomic mass is 79.9. The summed E-state index contributed by atoms with van der Waals surface area (Å²) < 4.78 is 10.3. The Hall–Kier alpha value is -1.81. The van der Waals surface area contributed by atoms with E-state index in [1.165, 1.54) is 0 Å². The first-order valence-electron chi connectivity index (χ1n) is 5.81. The summed E-state index contributed by atoms with van der Waals surface area (Å²) in [4.78, 5) is 11.6. The SMILES string of the molecule is Cc1ccc(OCc2ccccc2)c(C(=O)OBr)c1. The minimum Gasteiger partial charge on any atom is -0.488 e. The quantitative estimate of drug-likeness (QED) is 0.852. The maximum atomic E-state index is 11.6. The predicted octanol–water partition coefficient (Wildman–Crippen LogP) is 4.04. The molecule has 2 aromatic rings. The summed E-state index contributed by atoms with van der Waals surface area (Å²) in [5.41, 5.74) is 2.43. The Balaban J connectivity index is 2.18. The minimum absolute atomic E-state index is 0.409. The molecular formula is C15H13BrO3. The smallest absolute Gasteiger partial charge is 0.353 e. The van der Waals surface area contributed by atoms with Gasteiger partial charge in [-0.1, -0.05) is 42.0 Å². The minimum atomic E-state index is -0.466. The summed E-state index contributed by atoms with van der Waals surface area (Å²) in [7, 11) is 0. The third-order valence-corrected chi connectivity index (χ3v) is 2.96. The van der Waals surface area contributed by atoms with Crippen LogP contribution >= 0.6 is 16.3 Å². The van der Waals surface area contributed by atoms with Gasteiger partial charge in [0.25, 0.3) is 0 Å². The van der Waals surface area contributed by atoms with Gasteiger partial charge in [0.1, 0.15) is 17.9 Å². The molecule has 0 saturated heterocycles. The number of carbonyl (C=O) groups excluding carboxylic acids is 1. The van der Waals surface area contributed by atoms with Crippen LogP contribution in [0.5, 0.6) is 5.75 Å². The molecule has 0 N–H and O–H groups in total. The largest absolute Gasteiger partial charge is 0.488 e. The third-order valence-electron chi connectivity index (χ3n) is 2.66. The molecule has 4 heteroatoms. The second-order valence-corrected chi connectivity index (χ2v) is 4.46. The van der Waals surface area contributed by atoms with Crippen LogP contribution in [0.3, 0.4) is 0 Å². The fourth-order valence-electron chi connectivity index (χ4n) is 1.71. The van der Waals surface area contributed by atoms with Gasteiger partial charge in [-0.15, -0.1) is 0 Å². The first-order chi connectivity index (χ1) is 9.20. The van der Waals surface area contributed by atoms with Crippen LogP contribution in [-0.4, -0.2) is 5.97 Å². The van der Waals surface area contributed by atoms with Gasteiger partial charge in [0.15, 0.2) is 16.3 Å². The van der Waals surface area contributed by atoms with Gasteiger partial charge in [-0.3, -0.25) is 0 Å². The number of aryl methyl sites for hydroxylation is 1. The number of ether oxygens (including phenoxy) is 1. The zero-order chi connectivity index (χ0) is 13.7. The van der Waals surface area contributed by atoms with Crippen molar-refractivity contribution >= 4 is 22.2 Å². The Bertz CT molecular complexity index is 567. The highest BCUT2D eigenvalue weighted by molar-refractivity contribution is 9.06. The molecule has 0 aliphatic rings. The van der Waals surface area contributed by atoms with E-state index < -0.39 is 5.97 Å². The first-order valence-corrected chi connectivity index (χ1v) is 6.46. The van der Waals surface area contributed by atoms with Crippen molar-refractivity contribution in [3.05, 3.63) is 65.2 Å². The average Bonchev–Trinajstić information content (AvgIpc) is 2.46. The van der Waals surface area contributed by atoms with Gasteiger partial charge in [-0.2, -0.15) is 0 Å². The summed E-state index contributed by atoms with van der Waals surface area (Å²) >= 11 is 2.70. The molecule has 0 saturated carbocycles. The van der Waals surface area contributed by atoms with Crippen molar-refractivity contribution in [2.24, 2.45) is 0 Å². The van der Waals surface area contributed by atoms with E-state index in [4.69, 9.17) is 4.74 Å². The molecule has 98 valence electrons. The lowest BCUT2D eigenvalue weighted by molar-refractivity contribution is 0.0777. The van der Waals surface area contributed by atoms with Crippen LogP contribution in [0.25, 0.3) is 0 Å². The van der Waals surface area contributed by atoms with Crippen molar-refractivity contribution in [3.63, 3.8) is 0 Å². The molecule has 0 atom stereocenters. The lowest BCUT2D eigenvalue weighted by Gasteiger charge is -2.10. The standard InChI is InChI=1S/C15H13BrO3/c1-11-7-8-14(13(9-11)15(17)19-16)18-10-12-5-3-2-4-6-12/h2-9H,10H2,1H3. The van der Waals surface area contributed by atoms with Gasteiger partial charge in [-0.05, 0) is 24.6 Å². The molecule has 0 amide bonds. The second kappa shape index (κ2) is 6.38. The van der Waals surface area contributed by atoms with E-state index in [0.29, 0.717) is 17.9 Å². The molecule has 0 bridgehead atoms. The first kappa shape index (κ1) is 13.6. The maximum Gasteiger partial charge on any atom is 0.353 e. The summed E-state index contributed by atoms with van der Waals surface area (Å²) in [5.74, 6) is 0.0469. The van der Waals surface area contributed by atoms with Crippen molar-refractivity contribution in [2.45, 2.75) is 13.5 Å². The summed E-state index contributed by atoms with van der Waals surface area (Å²) in [6.07, 6.45) is 0. The maximum absolute atomic E-state index is 11.6. The van der Waals surface area contributed by atoms with Crippen LogP contribution < -0.4 is 4.74 Å². The highest BCUT2D eigenvalue weighted by Crippen LogP contribution is 2.22. The molecule has 3 nitrogen and oxygen atoms in total. The average molecular weight is 321 g/mol. The molecule has 0 unspecified atom stereocenters. The fraction of sp³-hybridized carbons (Fsp3) is 0.133. The van der Waals surface area contributed by atoms with Gasteiger partial charge in [0.2, 0.25) is 0 Å². The second-order valence-electron chi connectivity index (χ2n) is 4.14. The van der Waals surface area contributed by atoms with E-state index in [1.807, 2.05) is 43.3 Å². The Kier molecular flexibility index (Phi) is 4.58. The van der Waals surface area contributed by atoms with Crippen molar-refractivity contribution in [2.75, 3.05) is 0 Å². The molecule has 0 spiro atoms. The molecule has 0 fully saturated rings. The van der Waals surface area contributed by atoms with E-state index in [0.717, 1.165) is 11.1 Å². The Morgan fingerprint density at radius 2 is 1.89 bits per heavy atom. The lowest BCUT2D eigenvalue weighted by atomic mass is 10.1. The lowest BCUT2D eigenvalue weighted by Crippen LogP contribution is -2.04. The van der Waals surface area contributed by atoms with Crippen molar-refractivity contribution in [1.29, 1.82) is 0 Å². The number of rotatable bonds is 4. The fourth-order valence-corrected chi connectivity index (χ4v) is 1.88. The molecule has 2 aromatic carbocycles. The van der Waals surface area contributed by atoms with Crippen LogP contribution in [0.1, 0.15) is 21.5 Å². The van der Waals surface area contributed by atoms with Crippen LogP contribution in [0, 0.1) is 6.92 Å². The van der Waals surface area contributed by atoms with E-state index >= 15 is 0 Å². The van der Waals surface area contributed by atoms with Crippen molar-refractivity contribution < 1.29 is 13.4 Å². The zero-order valence-corrected chi connectivity index (χ0v) is 12.0. The van der Waals surface area contributed by atoms with Gasteiger partial charge in [0, 0.05) is 0 Å². The highest BCUT2D eigenvalue weighted by Gasteiger charge is 2.14. The van der Waals surface area contributed by atoms with E-state index in [9.17, 15) is 4.79 Å². The summed E-state index contributed by atoms with van der Waals surface area (Å²) in [6.45, 7) is 2.32. The van der Waals surface area contributed by atoms with Gasteiger partial charge in [-0.25, -0.2) is 4.79 Å². The Labute approximate surface area is 120 Å². The van der Waals surface area contributed by atoms with Gasteiger partial charge >= 0.3 is 5.97 Å².